The minimum Gasteiger partial charge on any atom is -0.481 e. The molecule has 3 N–H and O–H groups in total. The van der Waals surface area contributed by atoms with E-state index in [4.69, 9.17) is 4.74 Å². The fourth-order valence-corrected chi connectivity index (χ4v) is 2.05. The Kier molecular flexibility index (Phi) is 6.59. The van der Waals surface area contributed by atoms with Crippen LogP contribution in [0.5, 0.6) is 5.88 Å². The van der Waals surface area contributed by atoms with Gasteiger partial charge in [0.2, 0.25) is 5.88 Å². The van der Waals surface area contributed by atoms with Crippen LogP contribution in [0, 0.1) is 0 Å². The summed E-state index contributed by atoms with van der Waals surface area (Å²) < 4.78 is 43.5. The number of pyridine rings is 2. The lowest BCUT2D eigenvalue weighted by Crippen LogP contribution is -2.37. The Balaban J connectivity index is 1.74. The zero-order valence-corrected chi connectivity index (χ0v) is 13.9. The molecule has 0 aliphatic carbocycles. The zero-order chi connectivity index (χ0) is 19.0. The molecule has 0 bridgehead atoms. The van der Waals surface area contributed by atoms with E-state index in [9.17, 15) is 18.0 Å². The molecule has 0 atom stereocenters. The second kappa shape index (κ2) is 8.88. The number of nitrogens with one attached hydrogen (secondary N) is 3. The molecule has 0 fully saturated rings. The third kappa shape index (κ3) is 5.80. The van der Waals surface area contributed by atoms with Crippen LogP contribution in [0.1, 0.15) is 11.1 Å². The number of nitrogens with zero attached hydrogens (tertiary/aromatic N) is 2. The fourth-order valence-electron chi connectivity index (χ4n) is 2.05. The summed E-state index contributed by atoms with van der Waals surface area (Å²) in [6, 6.07) is 5.12. The van der Waals surface area contributed by atoms with Gasteiger partial charge in [-0.05, 0) is 23.8 Å². The summed E-state index contributed by atoms with van der Waals surface area (Å²) in [4.78, 5) is 19.3. The minimum absolute atomic E-state index is 0.0938. The number of anilines is 1. The van der Waals surface area contributed by atoms with Crippen molar-refractivity contribution in [1.82, 2.24) is 20.6 Å². The summed E-state index contributed by atoms with van der Waals surface area (Å²) in [5, 5.41) is 7.73. The van der Waals surface area contributed by atoms with Crippen LogP contribution in [-0.2, 0) is 12.7 Å². The Morgan fingerprint density at radius 1 is 1.15 bits per heavy atom. The molecule has 2 aromatic rings. The van der Waals surface area contributed by atoms with Gasteiger partial charge in [0.05, 0.1) is 12.7 Å². The van der Waals surface area contributed by atoms with Gasteiger partial charge in [-0.25, -0.2) is 14.8 Å². The third-order valence-electron chi connectivity index (χ3n) is 3.28. The largest absolute Gasteiger partial charge is 0.481 e. The molecular formula is C16H18F3N5O2. The highest BCUT2D eigenvalue weighted by atomic mass is 19.4. The molecule has 2 rings (SSSR count). The number of carbonyl (C=O) groups is 1. The summed E-state index contributed by atoms with van der Waals surface area (Å²) in [6.07, 6.45) is -1.67. The monoisotopic (exact) mass is 369 g/mol. The number of alkyl halides is 3. The van der Waals surface area contributed by atoms with Crippen molar-refractivity contribution in [3.63, 3.8) is 0 Å². The lowest BCUT2D eigenvalue weighted by Gasteiger charge is -2.13. The van der Waals surface area contributed by atoms with E-state index in [1.807, 2.05) is 0 Å². The lowest BCUT2D eigenvalue weighted by atomic mass is 10.2. The number of rotatable bonds is 7. The molecule has 26 heavy (non-hydrogen) atoms. The molecule has 2 aromatic heterocycles. The van der Waals surface area contributed by atoms with Gasteiger partial charge < -0.3 is 20.7 Å². The van der Waals surface area contributed by atoms with Gasteiger partial charge in [0, 0.05) is 38.1 Å². The van der Waals surface area contributed by atoms with Gasteiger partial charge in [0.15, 0.2) is 0 Å². The summed E-state index contributed by atoms with van der Waals surface area (Å²) >= 11 is 0. The molecule has 0 aliphatic heterocycles. The molecule has 2 amide bonds. The second-order valence-corrected chi connectivity index (χ2v) is 5.14. The van der Waals surface area contributed by atoms with Crippen LogP contribution >= 0.6 is 0 Å². The van der Waals surface area contributed by atoms with Crippen LogP contribution in [-0.4, -0.2) is 36.2 Å². The van der Waals surface area contributed by atoms with Crippen LogP contribution in [0.25, 0.3) is 0 Å². The predicted octanol–water partition coefficient (Wildman–Crippen LogP) is 2.42. The van der Waals surface area contributed by atoms with Crippen molar-refractivity contribution in [2.75, 3.05) is 25.5 Å². The Morgan fingerprint density at radius 2 is 1.96 bits per heavy atom. The summed E-state index contributed by atoms with van der Waals surface area (Å²) in [5.74, 6) is 0.163. The van der Waals surface area contributed by atoms with E-state index in [0.717, 1.165) is 11.6 Å². The van der Waals surface area contributed by atoms with Crippen LogP contribution in [0.4, 0.5) is 23.8 Å². The molecule has 0 saturated heterocycles. The molecule has 0 saturated carbocycles. The van der Waals surface area contributed by atoms with E-state index in [0.29, 0.717) is 5.88 Å². The average molecular weight is 369 g/mol. The van der Waals surface area contributed by atoms with Crippen molar-refractivity contribution >= 4 is 11.8 Å². The van der Waals surface area contributed by atoms with Gasteiger partial charge in [-0.15, -0.1) is 0 Å². The third-order valence-corrected chi connectivity index (χ3v) is 3.28. The molecule has 0 spiro atoms. The first-order valence-corrected chi connectivity index (χ1v) is 7.67. The Labute approximate surface area is 148 Å². The average Bonchev–Trinajstić information content (AvgIpc) is 2.63. The van der Waals surface area contributed by atoms with Crippen LogP contribution < -0.4 is 20.7 Å². The van der Waals surface area contributed by atoms with Gasteiger partial charge in [-0.2, -0.15) is 13.2 Å². The Morgan fingerprint density at radius 3 is 2.69 bits per heavy atom. The Bertz CT molecular complexity index is 740. The standard InChI is InChI=1S/C16H18F3N5O2/c1-26-13-9-11(4-6-20-13)10-24-15(25)23-8-7-22-14-12(16(17,18)19)3-2-5-21-14/h2-6,9H,7-8,10H2,1H3,(H,21,22)(H2,23,24,25). The minimum atomic E-state index is -4.49. The fraction of sp³-hybridized carbons (Fsp3) is 0.312. The number of hydrogen-bond donors (Lipinski definition) is 3. The summed E-state index contributed by atoms with van der Waals surface area (Å²) in [7, 11) is 1.49. The predicted molar refractivity (Wildman–Crippen MR) is 88.8 cm³/mol. The van der Waals surface area contributed by atoms with Crippen LogP contribution in [0.2, 0.25) is 0 Å². The highest BCUT2D eigenvalue weighted by Gasteiger charge is 2.33. The molecule has 0 radical (unpaired) electrons. The second-order valence-electron chi connectivity index (χ2n) is 5.14. The van der Waals surface area contributed by atoms with E-state index < -0.39 is 17.8 Å². The topological polar surface area (TPSA) is 88.2 Å². The van der Waals surface area contributed by atoms with Gasteiger partial charge >= 0.3 is 12.2 Å². The van der Waals surface area contributed by atoms with Crippen LogP contribution in [0.15, 0.2) is 36.7 Å². The molecule has 0 aliphatic rings. The normalized spacial score (nSPS) is 10.9. The van der Waals surface area contributed by atoms with Gasteiger partial charge in [0.1, 0.15) is 5.82 Å². The number of urea groups is 1. The number of carbonyl (C=O) groups excluding carboxylic acids is 1. The van der Waals surface area contributed by atoms with Gasteiger partial charge in [0.25, 0.3) is 0 Å². The maximum Gasteiger partial charge on any atom is 0.419 e. The summed E-state index contributed by atoms with van der Waals surface area (Å²) in [5.41, 5.74) is -0.0514. The SMILES string of the molecule is COc1cc(CNC(=O)NCCNc2ncccc2C(F)(F)F)ccn1. The molecule has 2 heterocycles. The van der Waals surface area contributed by atoms with E-state index in [1.165, 1.54) is 19.4 Å². The van der Waals surface area contributed by atoms with Gasteiger partial charge in [-0.3, -0.25) is 0 Å². The van der Waals surface area contributed by atoms with Crippen molar-refractivity contribution < 1.29 is 22.7 Å². The smallest absolute Gasteiger partial charge is 0.419 e. The van der Waals surface area contributed by atoms with Crippen molar-refractivity contribution in [1.29, 1.82) is 0 Å². The maximum atomic E-state index is 12.8. The molecular weight excluding hydrogens is 351 g/mol. The lowest BCUT2D eigenvalue weighted by molar-refractivity contribution is -0.137. The highest BCUT2D eigenvalue weighted by Crippen LogP contribution is 2.33. The molecule has 0 aromatic carbocycles. The first-order valence-electron chi connectivity index (χ1n) is 7.67. The maximum absolute atomic E-state index is 12.8. The van der Waals surface area contributed by atoms with Gasteiger partial charge in [-0.1, -0.05) is 0 Å². The number of ether oxygens (including phenoxy) is 1. The zero-order valence-electron chi connectivity index (χ0n) is 13.9. The van der Waals surface area contributed by atoms with Crippen molar-refractivity contribution in [3.05, 3.63) is 47.8 Å². The van der Waals surface area contributed by atoms with E-state index in [1.54, 1.807) is 18.3 Å². The first-order chi connectivity index (χ1) is 12.4. The number of aromatic nitrogens is 2. The molecule has 7 nitrogen and oxygen atoms in total. The highest BCUT2D eigenvalue weighted by molar-refractivity contribution is 5.73. The Hall–Kier alpha value is -3.04. The summed E-state index contributed by atoms with van der Waals surface area (Å²) in [6.45, 7) is 0.479. The van der Waals surface area contributed by atoms with E-state index in [2.05, 4.69) is 25.9 Å². The first kappa shape index (κ1) is 19.3. The van der Waals surface area contributed by atoms with Crippen molar-refractivity contribution in [3.8, 4) is 5.88 Å². The van der Waals surface area contributed by atoms with E-state index >= 15 is 0 Å². The van der Waals surface area contributed by atoms with E-state index in [-0.39, 0.29) is 25.5 Å². The van der Waals surface area contributed by atoms with Crippen molar-refractivity contribution in [2.24, 2.45) is 0 Å². The number of amides is 2. The van der Waals surface area contributed by atoms with Crippen molar-refractivity contribution in [2.45, 2.75) is 12.7 Å². The molecule has 10 heteroatoms. The molecule has 140 valence electrons. The number of hydrogen-bond acceptors (Lipinski definition) is 5. The van der Waals surface area contributed by atoms with Crippen LogP contribution in [0.3, 0.4) is 0 Å². The quantitative estimate of drug-likeness (QED) is 0.653. The number of methoxy groups -OCH3 is 1. The number of halogens is 3. The molecule has 0 unspecified atom stereocenters.